The average molecular weight is 541 g/mol. The quantitative estimate of drug-likeness (QED) is 0.276. The number of hydrogen-bond acceptors (Lipinski definition) is 4. The lowest BCUT2D eigenvalue weighted by Crippen LogP contribution is -2.32. The molecule has 5 rings (SSSR count). The van der Waals surface area contributed by atoms with Gasteiger partial charge in [0, 0.05) is 18.2 Å². The van der Waals surface area contributed by atoms with Crippen LogP contribution < -0.4 is 14.4 Å². The average Bonchev–Trinajstić information content (AvgIpc) is 3.01. The summed E-state index contributed by atoms with van der Waals surface area (Å²) in [5.41, 5.74) is 6.94. The van der Waals surface area contributed by atoms with Gasteiger partial charge >= 0.3 is 0 Å². The molecule has 0 radical (unpaired) electrons. The van der Waals surface area contributed by atoms with Crippen LogP contribution in [0.5, 0.6) is 11.5 Å². The number of aryl methyl sites for hydroxylation is 2. The van der Waals surface area contributed by atoms with Crippen molar-refractivity contribution >= 4 is 11.6 Å². The van der Waals surface area contributed by atoms with E-state index in [-0.39, 0.29) is 5.91 Å². The SMILES string of the molecule is CCN(C(=O)c1ccc(CCCN2CCCCC2)cc1)c1cc(OC)ccc1C1CCc2cc(OC)ccc2C1. The van der Waals surface area contributed by atoms with E-state index in [9.17, 15) is 4.79 Å². The van der Waals surface area contributed by atoms with Crippen molar-refractivity contribution in [1.82, 2.24) is 4.90 Å². The predicted octanol–water partition coefficient (Wildman–Crippen LogP) is 7.06. The molecular formula is C35H44N2O3. The van der Waals surface area contributed by atoms with E-state index in [1.165, 1.54) is 67.6 Å². The van der Waals surface area contributed by atoms with Gasteiger partial charge in [-0.2, -0.15) is 0 Å². The molecule has 1 fully saturated rings. The van der Waals surface area contributed by atoms with Gasteiger partial charge in [-0.25, -0.2) is 0 Å². The molecule has 40 heavy (non-hydrogen) atoms. The first-order chi connectivity index (χ1) is 19.6. The summed E-state index contributed by atoms with van der Waals surface area (Å²) in [5.74, 6) is 2.07. The third kappa shape index (κ3) is 6.52. The molecule has 1 heterocycles. The Morgan fingerprint density at radius 2 is 1.62 bits per heavy atom. The van der Waals surface area contributed by atoms with Crippen LogP contribution in [0.3, 0.4) is 0 Å². The third-order valence-corrected chi connectivity index (χ3v) is 8.76. The number of amides is 1. The molecule has 1 saturated heterocycles. The van der Waals surface area contributed by atoms with Gasteiger partial charge in [0.05, 0.1) is 19.9 Å². The lowest BCUT2D eigenvalue weighted by atomic mass is 9.79. The van der Waals surface area contributed by atoms with Crippen LogP contribution in [0.25, 0.3) is 0 Å². The number of carbonyl (C=O) groups excluding carboxylic acids is 1. The molecule has 2 aliphatic rings. The number of likely N-dealkylation sites (tertiary alicyclic amines) is 1. The highest BCUT2D eigenvalue weighted by Crippen LogP contribution is 2.40. The van der Waals surface area contributed by atoms with Gasteiger partial charge in [0.2, 0.25) is 0 Å². The molecule has 1 amide bonds. The zero-order chi connectivity index (χ0) is 27.9. The molecule has 0 N–H and O–H groups in total. The maximum absolute atomic E-state index is 13.9. The van der Waals surface area contributed by atoms with Crippen LogP contribution in [0, 0.1) is 0 Å². The Labute approximate surface area is 240 Å². The maximum Gasteiger partial charge on any atom is 0.258 e. The first kappa shape index (κ1) is 28.2. The Morgan fingerprint density at radius 1 is 0.900 bits per heavy atom. The highest BCUT2D eigenvalue weighted by Gasteiger charge is 2.27. The predicted molar refractivity (Wildman–Crippen MR) is 163 cm³/mol. The van der Waals surface area contributed by atoms with Gasteiger partial charge in [0.15, 0.2) is 0 Å². The van der Waals surface area contributed by atoms with Crippen LogP contribution in [0.15, 0.2) is 60.7 Å². The fraction of sp³-hybridized carbons (Fsp3) is 0.457. The summed E-state index contributed by atoms with van der Waals surface area (Å²) in [4.78, 5) is 18.4. The minimum absolute atomic E-state index is 0.0396. The van der Waals surface area contributed by atoms with Crippen LogP contribution in [0.4, 0.5) is 5.69 Å². The minimum atomic E-state index is 0.0396. The van der Waals surface area contributed by atoms with Crippen LogP contribution in [0.2, 0.25) is 0 Å². The van der Waals surface area contributed by atoms with E-state index in [4.69, 9.17) is 9.47 Å². The van der Waals surface area contributed by atoms with Crippen molar-refractivity contribution < 1.29 is 14.3 Å². The number of benzene rings is 3. The molecule has 3 aromatic carbocycles. The van der Waals surface area contributed by atoms with Gasteiger partial charge < -0.3 is 19.3 Å². The summed E-state index contributed by atoms with van der Waals surface area (Å²) >= 11 is 0. The summed E-state index contributed by atoms with van der Waals surface area (Å²) in [6.45, 7) is 6.31. The fourth-order valence-electron chi connectivity index (χ4n) is 6.44. The number of ether oxygens (including phenoxy) is 2. The molecule has 1 aliphatic heterocycles. The van der Waals surface area contributed by atoms with Crippen LogP contribution in [0.1, 0.15) is 77.6 Å². The van der Waals surface area contributed by atoms with E-state index in [0.29, 0.717) is 12.5 Å². The number of anilines is 1. The topological polar surface area (TPSA) is 42.0 Å². The molecule has 0 bridgehead atoms. The van der Waals surface area contributed by atoms with Crippen molar-refractivity contribution in [2.45, 2.75) is 64.2 Å². The Hall–Kier alpha value is -3.31. The Balaban J connectivity index is 1.32. The largest absolute Gasteiger partial charge is 0.497 e. The normalized spacial score (nSPS) is 17.2. The van der Waals surface area contributed by atoms with Crippen molar-refractivity contribution in [2.24, 2.45) is 0 Å². The standard InChI is InChI=1S/C35H44N2O3/c1-4-37(35(38)27-12-10-26(11-13-27)9-8-22-36-20-6-5-7-21-36)34-25-32(40-3)18-19-33(34)30-15-14-29-24-31(39-2)17-16-28(29)23-30/h10-13,16-19,24-25,30H,4-9,14-15,20-23H2,1-3H3. The lowest BCUT2D eigenvalue weighted by molar-refractivity contribution is 0.0988. The Bertz CT molecular complexity index is 1280. The lowest BCUT2D eigenvalue weighted by Gasteiger charge is -2.31. The van der Waals surface area contributed by atoms with Crippen molar-refractivity contribution in [3.8, 4) is 11.5 Å². The van der Waals surface area contributed by atoms with Gasteiger partial charge in [-0.3, -0.25) is 4.79 Å². The van der Waals surface area contributed by atoms with E-state index in [2.05, 4.69) is 48.2 Å². The number of hydrogen-bond donors (Lipinski definition) is 0. The second-order valence-corrected chi connectivity index (χ2v) is 11.3. The summed E-state index contributed by atoms with van der Waals surface area (Å²) in [6, 6.07) is 20.9. The maximum atomic E-state index is 13.9. The van der Waals surface area contributed by atoms with E-state index < -0.39 is 0 Å². The van der Waals surface area contributed by atoms with E-state index in [0.717, 1.165) is 48.4 Å². The highest BCUT2D eigenvalue weighted by atomic mass is 16.5. The van der Waals surface area contributed by atoms with Crippen LogP contribution in [-0.2, 0) is 19.3 Å². The molecule has 1 atom stereocenters. The molecule has 0 saturated carbocycles. The summed E-state index contributed by atoms with van der Waals surface area (Å²) in [5, 5.41) is 0. The van der Waals surface area contributed by atoms with Crippen molar-refractivity contribution in [2.75, 3.05) is 45.3 Å². The summed E-state index contributed by atoms with van der Waals surface area (Å²) < 4.78 is 11.0. The molecule has 1 aliphatic carbocycles. The van der Waals surface area contributed by atoms with Crippen LogP contribution in [-0.4, -0.2) is 51.2 Å². The third-order valence-electron chi connectivity index (χ3n) is 8.76. The second kappa shape index (κ2) is 13.4. The van der Waals surface area contributed by atoms with E-state index in [1.54, 1.807) is 14.2 Å². The van der Waals surface area contributed by atoms with E-state index >= 15 is 0 Å². The van der Waals surface area contributed by atoms with Gasteiger partial charge in [0.1, 0.15) is 11.5 Å². The summed E-state index contributed by atoms with van der Waals surface area (Å²) in [7, 11) is 3.41. The molecule has 0 spiro atoms. The molecule has 5 nitrogen and oxygen atoms in total. The van der Waals surface area contributed by atoms with E-state index in [1.807, 2.05) is 29.2 Å². The minimum Gasteiger partial charge on any atom is -0.497 e. The Kier molecular flexibility index (Phi) is 9.43. The van der Waals surface area contributed by atoms with Gasteiger partial charge in [-0.05, 0) is 130 Å². The zero-order valence-electron chi connectivity index (χ0n) is 24.5. The number of rotatable bonds is 10. The summed E-state index contributed by atoms with van der Waals surface area (Å²) in [6.07, 6.45) is 9.26. The first-order valence-electron chi connectivity index (χ1n) is 15.1. The van der Waals surface area contributed by atoms with Gasteiger partial charge in [0.25, 0.3) is 5.91 Å². The first-order valence-corrected chi connectivity index (χ1v) is 15.1. The monoisotopic (exact) mass is 540 g/mol. The zero-order valence-corrected chi connectivity index (χ0v) is 24.5. The molecular weight excluding hydrogens is 496 g/mol. The fourth-order valence-corrected chi connectivity index (χ4v) is 6.44. The number of carbonyl (C=O) groups is 1. The number of nitrogens with zero attached hydrogens (tertiary/aromatic N) is 2. The van der Waals surface area contributed by atoms with Crippen molar-refractivity contribution in [3.63, 3.8) is 0 Å². The molecule has 5 heteroatoms. The van der Waals surface area contributed by atoms with Gasteiger partial charge in [-0.15, -0.1) is 0 Å². The second-order valence-electron chi connectivity index (χ2n) is 11.3. The number of methoxy groups -OCH3 is 2. The van der Waals surface area contributed by atoms with Gasteiger partial charge in [-0.1, -0.05) is 30.7 Å². The van der Waals surface area contributed by atoms with Crippen molar-refractivity contribution in [3.05, 3.63) is 88.5 Å². The molecule has 0 aromatic heterocycles. The number of fused-ring (bicyclic) bond motifs is 1. The van der Waals surface area contributed by atoms with Crippen LogP contribution >= 0.6 is 0 Å². The molecule has 1 unspecified atom stereocenters. The highest BCUT2D eigenvalue weighted by molar-refractivity contribution is 6.06. The van der Waals surface area contributed by atoms with Crippen molar-refractivity contribution in [1.29, 1.82) is 0 Å². The Morgan fingerprint density at radius 3 is 2.35 bits per heavy atom. The molecule has 212 valence electrons. The molecule has 3 aromatic rings. The smallest absolute Gasteiger partial charge is 0.258 e. The number of piperidine rings is 1.